The van der Waals surface area contributed by atoms with E-state index >= 15 is 0 Å². The molecule has 7 nitrogen and oxygen atoms in total. The van der Waals surface area contributed by atoms with Gasteiger partial charge in [0.1, 0.15) is 6.26 Å². The quantitative estimate of drug-likeness (QED) is 0.352. The van der Waals surface area contributed by atoms with Crippen LogP contribution in [-0.4, -0.2) is 46.6 Å². The molecule has 1 fully saturated rings. The standard InChI is InChI=1S/C28H32N4O3/c1-20-6-4-7-21(14-20)17-32(12-11-22-15-29-25-10-3-2-9-24(22)25)18-27-31-26(19-35-27)28(33)30-16-23-8-5-13-34-23/h2-4,6-7,9-10,14-15,19,23,29H,5,8,11-13,16-18H2,1H3,(H,30,33). The number of rotatable bonds is 10. The predicted octanol–water partition coefficient (Wildman–Crippen LogP) is 4.62. The summed E-state index contributed by atoms with van der Waals surface area (Å²) < 4.78 is 11.3. The average molecular weight is 473 g/mol. The van der Waals surface area contributed by atoms with E-state index in [2.05, 4.69) is 75.8 Å². The topological polar surface area (TPSA) is 83.4 Å². The number of nitrogens with one attached hydrogen (secondary N) is 2. The fourth-order valence-electron chi connectivity index (χ4n) is 4.68. The van der Waals surface area contributed by atoms with E-state index in [0.717, 1.165) is 44.5 Å². The van der Waals surface area contributed by atoms with Crippen LogP contribution in [0.15, 0.2) is 65.4 Å². The van der Waals surface area contributed by atoms with Crippen molar-refractivity contribution >= 4 is 16.8 Å². The Morgan fingerprint density at radius 2 is 2.11 bits per heavy atom. The van der Waals surface area contributed by atoms with E-state index in [0.29, 0.717) is 24.7 Å². The molecule has 35 heavy (non-hydrogen) atoms. The number of amides is 1. The maximum atomic E-state index is 12.5. The Kier molecular flexibility index (Phi) is 7.25. The van der Waals surface area contributed by atoms with Gasteiger partial charge in [0.2, 0.25) is 5.89 Å². The third kappa shape index (κ3) is 5.99. The summed E-state index contributed by atoms with van der Waals surface area (Å²) in [6.07, 6.45) is 6.56. The summed E-state index contributed by atoms with van der Waals surface area (Å²) in [5.41, 5.74) is 5.23. The predicted molar refractivity (Wildman–Crippen MR) is 135 cm³/mol. The summed E-state index contributed by atoms with van der Waals surface area (Å²) in [4.78, 5) is 22.7. The van der Waals surface area contributed by atoms with Gasteiger partial charge in [-0.2, -0.15) is 0 Å². The molecule has 1 amide bonds. The molecule has 5 rings (SSSR count). The molecule has 2 N–H and O–H groups in total. The molecular weight excluding hydrogens is 440 g/mol. The molecule has 4 aromatic rings. The van der Waals surface area contributed by atoms with Crippen LogP contribution in [0.4, 0.5) is 0 Å². The highest BCUT2D eigenvalue weighted by atomic mass is 16.5. The normalized spacial score (nSPS) is 15.8. The molecule has 7 heteroatoms. The van der Waals surface area contributed by atoms with Crippen LogP contribution in [-0.2, 0) is 24.2 Å². The Labute approximate surface area is 205 Å². The van der Waals surface area contributed by atoms with Gasteiger partial charge in [-0.3, -0.25) is 9.69 Å². The van der Waals surface area contributed by atoms with Gasteiger partial charge in [-0.1, -0.05) is 48.0 Å². The highest BCUT2D eigenvalue weighted by Gasteiger charge is 2.19. The van der Waals surface area contributed by atoms with Crippen LogP contribution in [0.25, 0.3) is 10.9 Å². The van der Waals surface area contributed by atoms with E-state index in [-0.39, 0.29) is 12.0 Å². The number of fused-ring (bicyclic) bond motifs is 1. The minimum Gasteiger partial charge on any atom is -0.447 e. The Bertz CT molecular complexity index is 1270. The molecule has 0 saturated carbocycles. The Morgan fingerprint density at radius 1 is 1.20 bits per heavy atom. The molecule has 1 aliphatic rings. The van der Waals surface area contributed by atoms with Crippen molar-refractivity contribution in [2.45, 2.75) is 45.4 Å². The van der Waals surface area contributed by atoms with E-state index in [1.807, 2.05) is 6.07 Å². The van der Waals surface area contributed by atoms with Crippen molar-refractivity contribution in [3.8, 4) is 0 Å². The Balaban J connectivity index is 1.26. The zero-order valence-corrected chi connectivity index (χ0v) is 20.1. The number of benzene rings is 2. The summed E-state index contributed by atoms with van der Waals surface area (Å²) in [6.45, 7) is 5.51. The van der Waals surface area contributed by atoms with Crippen LogP contribution in [0.1, 0.15) is 45.9 Å². The van der Waals surface area contributed by atoms with Crippen molar-refractivity contribution < 1.29 is 13.9 Å². The van der Waals surface area contributed by atoms with Gasteiger partial charge in [0.15, 0.2) is 5.69 Å². The van der Waals surface area contributed by atoms with Crippen LogP contribution in [0.3, 0.4) is 0 Å². The monoisotopic (exact) mass is 472 g/mol. The number of aryl methyl sites for hydroxylation is 1. The summed E-state index contributed by atoms with van der Waals surface area (Å²) in [5, 5.41) is 4.16. The van der Waals surface area contributed by atoms with Crippen molar-refractivity contribution in [3.63, 3.8) is 0 Å². The van der Waals surface area contributed by atoms with Crippen LogP contribution < -0.4 is 5.32 Å². The Hall–Kier alpha value is -3.42. The molecule has 0 radical (unpaired) electrons. The molecule has 2 aromatic heterocycles. The van der Waals surface area contributed by atoms with Crippen LogP contribution >= 0.6 is 0 Å². The number of hydrogen-bond donors (Lipinski definition) is 2. The number of carbonyl (C=O) groups is 1. The summed E-state index contributed by atoms with van der Waals surface area (Å²) in [7, 11) is 0. The SMILES string of the molecule is Cc1cccc(CN(CCc2c[nH]c3ccccc23)Cc2nc(C(=O)NCC3CCCO3)co2)c1. The lowest BCUT2D eigenvalue weighted by atomic mass is 10.1. The summed E-state index contributed by atoms with van der Waals surface area (Å²) in [6, 6.07) is 16.9. The molecule has 1 unspecified atom stereocenters. The smallest absolute Gasteiger partial charge is 0.273 e. The second-order valence-corrected chi connectivity index (χ2v) is 9.28. The highest BCUT2D eigenvalue weighted by molar-refractivity contribution is 5.91. The first kappa shape index (κ1) is 23.3. The first-order valence-electron chi connectivity index (χ1n) is 12.3. The number of H-pyrrole nitrogens is 1. The second kappa shape index (κ2) is 10.9. The van der Waals surface area contributed by atoms with Gasteiger partial charge < -0.3 is 19.5 Å². The lowest BCUT2D eigenvalue weighted by Crippen LogP contribution is -2.32. The first-order valence-corrected chi connectivity index (χ1v) is 12.3. The molecule has 0 bridgehead atoms. The fraction of sp³-hybridized carbons (Fsp3) is 0.357. The minimum atomic E-state index is -0.223. The van der Waals surface area contributed by atoms with Crippen molar-refractivity contribution in [1.82, 2.24) is 20.2 Å². The maximum Gasteiger partial charge on any atom is 0.273 e. The molecule has 3 heterocycles. The number of oxazole rings is 1. The highest BCUT2D eigenvalue weighted by Crippen LogP contribution is 2.20. The number of ether oxygens (including phenoxy) is 1. The van der Waals surface area contributed by atoms with Crippen molar-refractivity contribution in [2.24, 2.45) is 0 Å². The van der Waals surface area contributed by atoms with E-state index in [9.17, 15) is 4.79 Å². The van der Waals surface area contributed by atoms with Crippen molar-refractivity contribution in [1.29, 1.82) is 0 Å². The third-order valence-corrected chi connectivity index (χ3v) is 6.52. The average Bonchev–Trinajstić information content (AvgIpc) is 3.62. The third-order valence-electron chi connectivity index (χ3n) is 6.52. The molecule has 182 valence electrons. The second-order valence-electron chi connectivity index (χ2n) is 9.28. The lowest BCUT2D eigenvalue weighted by molar-refractivity contribution is 0.0853. The molecule has 1 atom stereocenters. The molecule has 2 aromatic carbocycles. The van der Waals surface area contributed by atoms with E-state index in [1.54, 1.807) is 0 Å². The van der Waals surface area contributed by atoms with Gasteiger partial charge in [0.25, 0.3) is 5.91 Å². The summed E-state index contributed by atoms with van der Waals surface area (Å²) >= 11 is 0. The molecule has 0 aliphatic carbocycles. The van der Waals surface area contributed by atoms with Gasteiger partial charge in [0, 0.05) is 43.3 Å². The number of aromatic amines is 1. The van der Waals surface area contributed by atoms with Crippen LogP contribution in [0.5, 0.6) is 0 Å². The van der Waals surface area contributed by atoms with Crippen molar-refractivity contribution in [3.05, 3.63) is 89.3 Å². The maximum absolute atomic E-state index is 12.5. The molecule has 0 spiro atoms. The molecule has 1 saturated heterocycles. The van der Waals surface area contributed by atoms with Crippen LogP contribution in [0, 0.1) is 6.92 Å². The molecule has 1 aliphatic heterocycles. The van der Waals surface area contributed by atoms with Crippen LogP contribution in [0.2, 0.25) is 0 Å². The fourth-order valence-corrected chi connectivity index (χ4v) is 4.68. The van der Waals surface area contributed by atoms with E-state index in [1.165, 1.54) is 28.3 Å². The number of para-hydroxylation sites is 1. The Morgan fingerprint density at radius 3 is 2.97 bits per heavy atom. The molecular formula is C28H32N4O3. The number of hydrogen-bond acceptors (Lipinski definition) is 5. The van der Waals surface area contributed by atoms with E-state index in [4.69, 9.17) is 9.15 Å². The zero-order valence-electron chi connectivity index (χ0n) is 20.1. The van der Waals surface area contributed by atoms with Gasteiger partial charge in [0.05, 0.1) is 12.6 Å². The number of aromatic nitrogens is 2. The van der Waals surface area contributed by atoms with Gasteiger partial charge in [-0.25, -0.2) is 4.98 Å². The van der Waals surface area contributed by atoms with Gasteiger partial charge in [-0.05, 0) is 43.4 Å². The van der Waals surface area contributed by atoms with E-state index < -0.39 is 0 Å². The number of carbonyl (C=O) groups excluding carboxylic acids is 1. The number of nitrogens with zero attached hydrogens (tertiary/aromatic N) is 2. The van der Waals surface area contributed by atoms with Gasteiger partial charge >= 0.3 is 0 Å². The lowest BCUT2D eigenvalue weighted by Gasteiger charge is -2.21. The van der Waals surface area contributed by atoms with Crippen molar-refractivity contribution in [2.75, 3.05) is 19.7 Å². The zero-order chi connectivity index (χ0) is 24.0. The summed E-state index contributed by atoms with van der Waals surface area (Å²) in [5.74, 6) is 0.318. The van der Waals surface area contributed by atoms with Gasteiger partial charge in [-0.15, -0.1) is 0 Å². The minimum absolute atomic E-state index is 0.0969. The first-order chi connectivity index (χ1) is 17.1. The largest absolute Gasteiger partial charge is 0.447 e.